The first-order valence-corrected chi connectivity index (χ1v) is 12.0. The fourth-order valence-corrected chi connectivity index (χ4v) is 3.04. The maximum absolute atomic E-state index is 12.0. The Labute approximate surface area is 213 Å². The highest BCUT2D eigenvalue weighted by Gasteiger charge is 2.29. The zero-order chi connectivity index (χ0) is 27.0. The molecule has 0 N–H and O–H groups in total. The van der Waals surface area contributed by atoms with E-state index in [2.05, 4.69) is 41.2 Å². The SMILES string of the molecule is CC.CC(=O)CC1=CCCO1.CCc1ccc(-c2cncnc2)cc1.Cc1cccc(C(F)(F)F)c1.[HH]. The van der Waals surface area contributed by atoms with Gasteiger partial charge in [-0.15, -0.1) is 0 Å². The Morgan fingerprint density at radius 2 is 1.67 bits per heavy atom. The number of hydrogen-bond donors (Lipinski definition) is 0. The number of ether oxygens (including phenoxy) is 1. The van der Waals surface area contributed by atoms with Crippen molar-refractivity contribution in [2.75, 3.05) is 6.61 Å². The number of Topliss-reactive ketones (excluding diaryl/α,β-unsaturated/α-hetero) is 1. The lowest BCUT2D eigenvalue weighted by Crippen LogP contribution is -2.04. The Balaban J connectivity index is 0.000000513. The number of ketones is 1. The average molecular weight is 503 g/mol. The number of hydrogen-bond acceptors (Lipinski definition) is 4. The molecule has 0 fully saturated rings. The number of rotatable bonds is 4. The van der Waals surface area contributed by atoms with Crippen LogP contribution in [0.4, 0.5) is 13.2 Å². The van der Waals surface area contributed by atoms with Crippen LogP contribution in [0.5, 0.6) is 0 Å². The van der Waals surface area contributed by atoms with Crippen molar-refractivity contribution < 1.29 is 24.1 Å². The second-order valence-corrected chi connectivity index (χ2v) is 7.73. The zero-order valence-electron chi connectivity index (χ0n) is 21.6. The lowest BCUT2D eigenvalue weighted by Gasteiger charge is -2.05. The van der Waals surface area contributed by atoms with Gasteiger partial charge in [-0.1, -0.05) is 68.8 Å². The zero-order valence-corrected chi connectivity index (χ0v) is 21.6. The van der Waals surface area contributed by atoms with Crippen molar-refractivity contribution in [2.24, 2.45) is 0 Å². The standard InChI is InChI=1S/C12H12N2.C8H7F3.C7H10O2.C2H6.H2/c1-2-10-3-5-11(6-4-10)12-7-13-9-14-8-12;1-6-3-2-4-7(5-6)8(9,10)11;1-6(8)5-7-3-2-4-9-7;1-2;/h3-9H,2H2,1H3;2-5H,1H3;3H,2,4-5H2,1H3;1-2H3;1H. The van der Waals surface area contributed by atoms with E-state index in [9.17, 15) is 18.0 Å². The molecular formula is C29H37F3N2O2. The van der Waals surface area contributed by atoms with Gasteiger partial charge in [0, 0.05) is 25.8 Å². The minimum atomic E-state index is -4.22. The topological polar surface area (TPSA) is 52.1 Å². The summed E-state index contributed by atoms with van der Waals surface area (Å²) in [5, 5.41) is 0. The molecule has 0 unspecified atom stereocenters. The molecule has 2 heterocycles. The number of carbonyl (C=O) groups is 1. The van der Waals surface area contributed by atoms with E-state index in [1.165, 1.54) is 17.2 Å². The molecule has 4 rings (SSSR count). The molecule has 0 saturated carbocycles. The fraction of sp³-hybridized carbons (Fsp3) is 0.345. The summed E-state index contributed by atoms with van der Waals surface area (Å²) < 4.78 is 41.0. The lowest BCUT2D eigenvalue weighted by molar-refractivity contribution is -0.137. The quantitative estimate of drug-likeness (QED) is 0.360. The molecule has 4 nitrogen and oxygen atoms in total. The molecule has 0 radical (unpaired) electrons. The minimum Gasteiger partial charge on any atom is -0.497 e. The molecule has 2 aromatic carbocycles. The van der Waals surface area contributed by atoms with Gasteiger partial charge in [-0.05, 0) is 43.5 Å². The van der Waals surface area contributed by atoms with Crippen molar-refractivity contribution in [3.63, 3.8) is 0 Å². The molecule has 0 saturated heterocycles. The van der Waals surface area contributed by atoms with Crippen LogP contribution >= 0.6 is 0 Å². The Kier molecular flexibility index (Phi) is 13.8. The normalized spacial score (nSPS) is 11.8. The van der Waals surface area contributed by atoms with Crippen LogP contribution in [0.1, 0.15) is 58.7 Å². The van der Waals surface area contributed by atoms with E-state index in [4.69, 9.17) is 4.74 Å². The molecule has 0 atom stereocenters. The summed E-state index contributed by atoms with van der Waals surface area (Å²) in [6.45, 7) is 10.1. The van der Waals surface area contributed by atoms with Crippen molar-refractivity contribution in [1.82, 2.24) is 9.97 Å². The largest absolute Gasteiger partial charge is 0.497 e. The summed E-state index contributed by atoms with van der Waals surface area (Å²) in [5.74, 6) is 1.02. The lowest BCUT2D eigenvalue weighted by atomic mass is 10.1. The van der Waals surface area contributed by atoms with Gasteiger partial charge < -0.3 is 4.74 Å². The molecule has 36 heavy (non-hydrogen) atoms. The summed E-state index contributed by atoms with van der Waals surface area (Å²) in [5.41, 5.74) is 3.63. The molecule has 7 heteroatoms. The first-order valence-electron chi connectivity index (χ1n) is 12.0. The maximum Gasteiger partial charge on any atom is 0.416 e. The van der Waals surface area contributed by atoms with Crippen molar-refractivity contribution in [3.8, 4) is 11.1 Å². The number of benzene rings is 2. The first kappa shape index (κ1) is 30.6. The molecule has 1 aliphatic rings. The number of halogens is 3. The molecule has 1 aromatic heterocycles. The van der Waals surface area contributed by atoms with Crippen LogP contribution in [-0.4, -0.2) is 22.4 Å². The first-order chi connectivity index (χ1) is 17.2. The molecule has 0 amide bonds. The highest BCUT2D eigenvalue weighted by Crippen LogP contribution is 2.29. The van der Waals surface area contributed by atoms with E-state index < -0.39 is 11.7 Å². The van der Waals surface area contributed by atoms with Crippen molar-refractivity contribution in [1.29, 1.82) is 0 Å². The van der Waals surface area contributed by atoms with Crippen LogP contribution < -0.4 is 0 Å². The third-order valence-corrected chi connectivity index (χ3v) is 4.80. The van der Waals surface area contributed by atoms with Gasteiger partial charge in [0.05, 0.1) is 24.4 Å². The Bertz CT molecular complexity index is 1070. The van der Waals surface area contributed by atoms with E-state index in [1.807, 2.05) is 32.3 Å². The van der Waals surface area contributed by atoms with Crippen LogP contribution in [0.25, 0.3) is 11.1 Å². The molecule has 0 aliphatic carbocycles. The predicted octanol–water partition coefficient (Wildman–Crippen LogP) is 8.26. The molecule has 196 valence electrons. The summed E-state index contributed by atoms with van der Waals surface area (Å²) in [6.07, 6.45) is 5.47. The van der Waals surface area contributed by atoms with Gasteiger partial charge in [-0.3, -0.25) is 4.79 Å². The van der Waals surface area contributed by atoms with E-state index in [1.54, 1.807) is 26.2 Å². The van der Waals surface area contributed by atoms with Gasteiger partial charge in [-0.25, -0.2) is 9.97 Å². The van der Waals surface area contributed by atoms with Gasteiger partial charge >= 0.3 is 6.18 Å². The number of allylic oxidation sites excluding steroid dienone is 1. The van der Waals surface area contributed by atoms with Crippen molar-refractivity contribution in [2.45, 2.75) is 60.1 Å². The van der Waals surface area contributed by atoms with E-state index >= 15 is 0 Å². The summed E-state index contributed by atoms with van der Waals surface area (Å²) in [6, 6.07) is 13.7. The second kappa shape index (κ2) is 16.2. The Hall–Kier alpha value is -3.48. The van der Waals surface area contributed by atoms with Gasteiger partial charge in [-0.2, -0.15) is 13.2 Å². The smallest absolute Gasteiger partial charge is 0.416 e. The van der Waals surface area contributed by atoms with Crippen LogP contribution in [0, 0.1) is 6.92 Å². The summed E-state index contributed by atoms with van der Waals surface area (Å²) in [4.78, 5) is 18.5. The van der Waals surface area contributed by atoms with E-state index in [0.717, 1.165) is 42.9 Å². The highest BCUT2D eigenvalue weighted by molar-refractivity contribution is 5.77. The predicted molar refractivity (Wildman–Crippen MR) is 140 cm³/mol. The van der Waals surface area contributed by atoms with Crippen LogP contribution in [0.15, 0.2) is 79.1 Å². The van der Waals surface area contributed by atoms with Gasteiger partial charge in [0.25, 0.3) is 0 Å². The Morgan fingerprint density at radius 1 is 1.03 bits per heavy atom. The summed E-state index contributed by atoms with van der Waals surface area (Å²) in [7, 11) is 0. The number of aryl methyl sites for hydroxylation is 2. The maximum atomic E-state index is 12.0. The number of carbonyl (C=O) groups excluding carboxylic acids is 1. The fourth-order valence-electron chi connectivity index (χ4n) is 3.04. The van der Waals surface area contributed by atoms with E-state index in [-0.39, 0.29) is 7.21 Å². The average Bonchev–Trinajstić information content (AvgIpc) is 3.39. The third kappa shape index (κ3) is 11.8. The molecule has 3 aromatic rings. The monoisotopic (exact) mass is 502 g/mol. The van der Waals surface area contributed by atoms with Gasteiger partial charge in [0.2, 0.25) is 0 Å². The third-order valence-electron chi connectivity index (χ3n) is 4.80. The molecule has 0 spiro atoms. The van der Waals surface area contributed by atoms with Crippen molar-refractivity contribution in [3.05, 3.63) is 95.8 Å². The van der Waals surface area contributed by atoms with Crippen molar-refractivity contribution >= 4 is 5.78 Å². The van der Waals surface area contributed by atoms with E-state index in [0.29, 0.717) is 12.0 Å². The number of alkyl halides is 3. The number of nitrogens with zero attached hydrogens (tertiary/aromatic N) is 2. The van der Waals surface area contributed by atoms with Crippen LogP contribution in [-0.2, 0) is 22.1 Å². The Morgan fingerprint density at radius 3 is 2.11 bits per heavy atom. The summed E-state index contributed by atoms with van der Waals surface area (Å²) >= 11 is 0. The van der Waals surface area contributed by atoms with Crippen LogP contribution in [0.3, 0.4) is 0 Å². The minimum absolute atomic E-state index is 0. The molecular weight excluding hydrogens is 465 g/mol. The second-order valence-electron chi connectivity index (χ2n) is 7.73. The number of aromatic nitrogens is 2. The van der Waals surface area contributed by atoms with Gasteiger partial charge in [0.15, 0.2) is 0 Å². The van der Waals surface area contributed by atoms with Gasteiger partial charge in [0.1, 0.15) is 12.1 Å². The highest BCUT2D eigenvalue weighted by atomic mass is 19.4. The van der Waals surface area contributed by atoms with Crippen LogP contribution in [0.2, 0.25) is 0 Å². The molecule has 1 aliphatic heterocycles. The molecule has 0 bridgehead atoms.